The number of hydrogen-bond acceptors (Lipinski definition) is 5. The zero-order valence-electron chi connectivity index (χ0n) is 10.9. The second-order valence-electron chi connectivity index (χ2n) is 3.92. The van der Waals surface area contributed by atoms with Crippen LogP contribution in [0.15, 0.2) is 47.3 Å². The van der Waals surface area contributed by atoms with Crippen LogP contribution >= 0.6 is 23.1 Å². The third-order valence-electron chi connectivity index (χ3n) is 2.34. The Hall–Kier alpha value is -2.12. The lowest BCUT2D eigenvalue weighted by molar-refractivity contribution is -0.131. The minimum absolute atomic E-state index is 0.484. The summed E-state index contributed by atoms with van der Waals surface area (Å²) < 4.78 is 1.90. The summed E-state index contributed by atoms with van der Waals surface area (Å²) >= 11 is 3.14. The predicted octanol–water partition coefficient (Wildman–Crippen LogP) is 3.15. The van der Waals surface area contributed by atoms with E-state index in [1.807, 2.05) is 18.2 Å². The van der Waals surface area contributed by atoms with Gasteiger partial charge in [0.2, 0.25) is 5.91 Å². The van der Waals surface area contributed by atoms with Gasteiger partial charge in [0.15, 0.2) is 4.34 Å². The van der Waals surface area contributed by atoms with E-state index in [1.54, 1.807) is 17.8 Å². The molecule has 0 radical (unpaired) electrons. The van der Waals surface area contributed by atoms with Crippen LogP contribution < -0.4 is 5.32 Å². The largest absolute Gasteiger partial charge is 0.478 e. The minimum atomic E-state index is -1.16. The third kappa shape index (κ3) is 4.44. The van der Waals surface area contributed by atoms with Crippen LogP contribution in [0.4, 0.5) is 5.69 Å². The number of thiazole rings is 1. The average molecular weight is 320 g/mol. The van der Waals surface area contributed by atoms with Gasteiger partial charge in [0.05, 0.1) is 10.2 Å². The number of benzene rings is 1. The Balaban J connectivity index is 2.12. The summed E-state index contributed by atoms with van der Waals surface area (Å²) in [6.07, 6.45) is 3.59. The summed E-state index contributed by atoms with van der Waals surface area (Å²) in [4.78, 5) is 26.3. The van der Waals surface area contributed by atoms with Crippen molar-refractivity contribution in [3.8, 4) is 0 Å². The lowest BCUT2D eigenvalue weighted by Gasteiger charge is -2.00. The quantitative estimate of drug-likeness (QED) is 0.485. The molecule has 1 aromatic carbocycles. The molecule has 0 atom stereocenters. The monoisotopic (exact) mass is 320 g/mol. The molecule has 0 unspecified atom stereocenters. The number of rotatable bonds is 6. The Kier molecular flexibility index (Phi) is 5.13. The second kappa shape index (κ2) is 7.05. The summed E-state index contributed by atoms with van der Waals surface area (Å²) in [5.74, 6) is -0.849. The molecule has 0 spiro atoms. The van der Waals surface area contributed by atoms with E-state index in [1.165, 1.54) is 11.3 Å². The maximum absolute atomic E-state index is 11.5. The van der Waals surface area contributed by atoms with Crippen LogP contribution in [0.3, 0.4) is 0 Å². The van der Waals surface area contributed by atoms with Gasteiger partial charge in [-0.2, -0.15) is 0 Å². The average Bonchev–Trinajstić information content (AvgIpc) is 2.85. The molecular formula is C14H12N2O3S2. The number of carbonyl (C=O) groups excluding carboxylic acids is 1. The molecule has 0 saturated carbocycles. The van der Waals surface area contributed by atoms with Crippen LogP contribution in [-0.4, -0.2) is 27.7 Å². The summed E-state index contributed by atoms with van der Waals surface area (Å²) in [6.45, 7) is 3.67. The molecule has 1 heterocycles. The van der Waals surface area contributed by atoms with Gasteiger partial charge in [0.25, 0.3) is 0 Å². The van der Waals surface area contributed by atoms with Crippen LogP contribution in [0.1, 0.15) is 0 Å². The van der Waals surface area contributed by atoms with Gasteiger partial charge < -0.3 is 10.4 Å². The molecule has 7 heteroatoms. The molecule has 21 heavy (non-hydrogen) atoms. The number of nitrogens with zero attached hydrogens (tertiary/aromatic N) is 1. The highest BCUT2D eigenvalue weighted by molar-refractivity contribution is 8.01. The number of hydrogen-bond donors (Lipinski definition) is 2. The highest BCUT2D eigenvalue weighted by atomic mass is 32.2. The van der Waals surface area contributed by atoms with Crippen LogP contribution in [-0.2, 0) is 9.59 Å². The van der Waals surface area contributed by atoms with E-state index in [0.717, 1.165) is 32.5 Å². The fraction of sp³-hybridized carbons (Fsp3) is 0.0714. The molecule has 5 nitrogen and oxygen atoms in total. The van der Waals surface area contributed by atoms with Crippen LogP contribution in [0, 0.1) is 0 Å². The summed E-state index contributed by atoms with van der Waals surface area (Å²) in [7, 11) is 0. The Morgan fingerprint density at radius 2 is 2.24 bits per heavy atom. The van der Waals surface area contributed by atoms with Gasteiger partial charge in [0, 0.05) is 23.6 Å². The minimum Gasteiger partial charge on any atom is -0.478 e. The van der Waals surface area contributed by atoms with Gasteiger partial charge in [-0.15, -0.1) is 17.9 Å². The predicted molar refractivity (Wildman–Crippen MR) is 85.9 cm³/mol. The highest BCUT2D eigenvalue weighted by Crippen LogP contribution is 2.31. The van der Waals surface area contributed by atoms with Gasteiger partial charge >= 0.3 is 5.97 Å². The Morgan fingerprint density at radius 3 is 2.95 bits per heavy atom. The maximum atomic E-state index is 11.5. The Bertz CT molecular complexity index is 722. The van der Waals surface area contributed by atoms with Crippen molar-refractivity contribution in [2.45, 2.75) is 4.34 Å². The van der Waals surface area contributed by atoms with Crippen molar-refractivity contribution in [2.75, 3.05) is 11.1 Å². The van der Waals surface area contributed by atoms with Crippen molar-refractivity contribution in [3.05, 3.63) is 43.0 Å². The molecular weight excluding hydrogens is 308 g/mol. The summed E-state index contributed by atoms with van der Waals surface area (Å²) in [5, 5.41) is 11.1. The molecule has 2 aromatic rings. The maximum Gasteiger partial charge on any atom is 0.328 e. The van der Waals surface area contributed by atoms with E-state index >= 15 is 0 Å². The van der Waals surface area contributed by atoms with Crippen LogP contribution in [0.25, 0.3) is 10.2 Å². The molecule has 0 aliphatic heterocycles. The number of fused-ring (bicyclic) bond motifs is 1. The van der Waals surface area contributed by atoms with Crippen molar-refractivity contribution >= 4 is 50.9 Å². The summed E-state index contributed by atoms with van der Waals surface area (Å²) in [6, 6.07) is 5.37. The Labute approximate surface area is 129 Å². The molecule has 0 saturated heterocycles. The molecule has 0 aliphatic rings. The first-order valence-corrected chi connectivity index (χ1v) is 7.75. The second-order valence-corrected chi connectivity index (χ2v) is 6.22. The first-order chi connectivity index (χ1) is 10.1. The number of carboxylic acids is 1. The van der Waals surface area contributed by atoms with Gasteiger partial charge in [-0.1, -0.05) is 17.8 Å². The third-order valence-corrected chi connectivity index (χ3v) is 4.50. The Morgan fingerprint density at radius 1 is 1.43 bits per heavy atom. The van der Waals surface area contributed by atoms with E-state index in [0.29, 0.717) is 5.69 Å². The molecule has 2 N–H and O–H groups in total. The van der Waals surface area contributed by atoms with Crippen molar-refractivity contribution in [3.63, 3.8) is 0 Å². The molecule has 108 valence electrons. The van der Waals surface area contributed by atoms with Crippen molar-refractivity contribution < 1.29 is 14.7 Å². The molecule has 0 aliphatic carbocycles. The number of anilines is 1. The van der Waals surface area contributed by atoms with Gasteiger partial charge in [0.1, 0.15) is 0 Å². The fourth-order valence-electron chi connectivity index (χ4n) is 1.50. The van der Waals surface area contributed by atoms with Crippen molar-refractivity contribution in [2.24, 2.45) is 0 Å². The first kappa shape index (κ1) is 15.3. The number of carboxylic acid groups (broad SMARTS) is 1. The van der Waals surface area contributed by atoms with Gasteiger partial charge in [-0.05, 0) is 18.2 Å². The van der Waals surface area contributed by atoms with Crippen LogP contribution in [0.2, 0.25) is 0 Å². The number of thioether (sulfide) groups is 1. The number of aromatic nitrogens is 1. The van der Waals surface area contributed by atoms with E-state index in [-0.39, 0.29) is 0 Å². The topological polar surface area (TPSA) is 79.3 Å². The molecule has 2 rings (SSSR count). The van der Waals surface area contributed by atoms with E-state index < -0.39 is 11.9 Å². The molecule has 0 bridgehead atoms. The number of nitrogens with one attached hydrogen (secondary N) is 1. The normalized spacial score (nSPS) is 10.9. The fourth-order valence-corrected chi connectivity index (χ4v) is 3.37. The highest BCUT2D eigenvalue weighted by Gasteiger charge is 2.06. The standard InChI is InChI=1S/C14H12N2O3S2/c1-2-7-20-14-16-10-4-3-9(8-11(10)21-14)15-12(17)5-6-13(18)19/h2-6,8H,1,7H2,(H,15,17)(H,18,19)/b6-5+. The van der Waals surface area contributed by atoms with E-state index in [4.69, 9.17) is 5.11 Å². The lowest BCUT2D eigenvalue weighted by atomic mass is 10.3. The molecule has 0 fully saturated rings. The molecule has 1 amide bonds. The summed E-state index contributed by atoms with van der Waals surface area (Å²) in [5.41, 5.74) is 1.47. The van der Waals surface area contributed by atoms with Crippen molar-refractivity contribution in [1.82, 2.24) is 4.98 Å². The van der Waals surface area contributed by atoms with E-state index in [9.17, 15) is 9.59 Å². The van der Waals surface area contributed by atoms with Gasteiger partial charge in [-0.3, -0.25) is 4.79 Å². The zero-order chi connectivity index (χ0) is 15.2. The lowest BCUT2D eigenvalue weighted by Crippen LogP contribution is -2.08. The van der Waals surface area contributed by atoms with Crippen molar-refractivity contribution in [1.29, 1.82) is 0 Å². The van der Waals surface area contributed by atoms with E-state index in [2.05, 4.69) is 16.9 Å². The number of aliphatic carboxylic acids is 1. The SMILES string of the molecule is C=CCSc1nc2ccc(NC(=O)/C=C/C(=O)O)cc2s1. The van der Waals surface area contributed by atoms with Crippen LogP contribution in [0.5, 0.6) is 0 Å². The zero-order valence-corrected chi connectivity index (χ0v) is 12.5. The van der Waals surface area contributed by atoms with Gasteiger partial charge in [-0.25, -0.2) is 9.78 Å². The number of carbonyl (C=O) groups is 2. The molecule has 1 aromatic heterocycles. The smallest absolute Gasteiger partial charge is 0.328 e. The number of amides is 1. The first-order valence-electron chi connectivity index (χ1n) is 5.95.